The summed E-state index contributed by atoms with van der Waals surface area (Å²) in [5.41, 5.74) is 0. The molecule has 2 aliphatic carbocycles. The Kier molecular flexibility index (Phi) is 7.30. The minimum absolute atomic E-state index is 0.477. The molecule has 2 nitrogen and oxygen atoms in total. The van der Waals surface area contributed by atoms with E-state index in [2.05, 4.69) is 19.1 Å². The smallest absolute Gasteiger partial charge is 0.0908 e. The van der Waals surface area contributed by atoms with Crippen molar-refractivity contribution in [3.8, 4) is 6.07 Å². The molecule has 0 unspecified atom stereocenters. The molecule has 0 aliphatic heterocycles. The van der Waals surface area contributed by atoms with Gasteiger partial charge in [-0.3, -0.25) is 0 Å². The van der Waals surface area contributed by atoms with Crippen LogP contribution in [0.4, 0.5) is 0 Å². The molecule has 2 fully saturated rings. The Morgan fingerprint density at radius 1 is 1.00 bits per heavy atom. The van der Waals surface area contributed by atoms with Crippen LogP contribution in [0, 0.1) is 29.1 Å². The molecule has 0 atom stereocenters. The number of nitriles is 1. The van der Waals surface area contributed by atoms with Crippen molar-refractivity contribution in [3.63, 3.8) is 0 Å². The van der Waals surface area contributed by atoms with Gasteiger partial charge in [0.25, 0.3) is 0 Å². The summed E-state index contributed by atoms with van der Waals surface area (Å²) in [4.78, 5) is 0. The van der Waals surface area contributed by atoms with Crippen LogP contribution in [-0.4, -0.2) is 12.7 Å². The van der Waals surface area contributed by atoms with Gasteiger partial charge in [-0.25, -0.2) is 0 Å². The van der Waals surface area contributed by atoms with E-state index in [-0.39, 0.29) is 0 Å². The molecule has 0 radical (unpaired) electrons. The second kappa shape index (κ2) is 9.26. The molecule has 118 valence electrons. The highest BCUT2D eigenvalue weighted by Crippen LogP contribution is 2.33. The van der Waals surface area contributed by atoms with E-state index < -0.39 is 0 Å². The van der Waals surface area contributed by atoms with E-state index in [9.17, 15) is 0 Å². The molecule has 0 aromatic rings. The maximum Gasteiger partial charge on any atom is 0.0908 e. The Hall–Kier alpha value is -0.810. The Labute approximate surface area is 130 Å². The molecule has 0 aromatic heterocycles. The maximum absolute atomic E-state index is 8.57. The highest BCUT2D eigenvalue weighted by atomic mass is 16.5. The molecule has 0 amide bonds. The lowest BCUT2D eigenvalue weighted by Crippen LogP contribution is -2.25. The van der Waals surface area contributed by atoms with Gasteiger partial charge >= 0.3 is 0 Å². The van der Waals surface area contributed by atoms with Gasteiger partial charge in [0, 0.05) is 12.7 Å². The monoisotopic (exact) mass is 289 g/mol. The van der Waals surface area contributed by atoms with Crippen LogP contribution in [0.2, 0.25) is 0 Å². The van der Waals surface area contributed by atoms with Crippen LogP contribution >= 0.6 is 0 Å². The number of ether oxygens (including phenoxy) is 1. The molecule has 2 heteroatoms. The zero-order valence-electron chi connectivity index (χ0n) is 13.6. The van der Waals surface area contributed by atoms with Crippen molar-refractivity contribution in [3.05, 3.63) is 12.2 Å². The third-order valence-corrected chi connectivity index (χ3v) is 5.39. The van der Waals surface area contributed by atoms with Gasteiger partial charge in [-0.05, 0) is 56.3 Å². The van der Waals surface area contributed by atoms with E-state index in [1.54, 1.807) is 6.08 Å². The molecule has 0 spiro atoms. The predicted molar refractivity (Wildman–Crippen MR) is 86.8 cm³/mol. The van der Waals surface area contributed by atoms with Crippen LogP contribution in [0.3, 0.4) is 0 Å². The van der Waals surface area contributed by atoms with Gasteiger partial charge in [0.2, 0.25) is 0 Å². The van der Waals surface area contributed by atoms with Gasteiger partial charge in [-0.15, -0.1) is 0 Å². The molecule has 2 saturated carbocycles. The van der Waals surface area contributed by atoms with Gasteiger partial charge in [0.05, 0.1) is 12.2 Å². The van der Waals surface area contributed by atoms with Crippen molar-refractivity contribution in [2.45, 2.75) is 77.2 Å². The van der Waals surface area contributed by atoms with Crippen LogP contribution < -0.4 is 0 Å². The minimum atomic E-state index is 0.477. The molecule has 0 bridgehead atoms. The number of rotatable bonds is 6. The number of allylic oxidation sites excluding steroid dienone is 2. The first-order chi connectivity index (χ1) is 10.3. The Morgan fingerprint density at radius 3 is 2.29 bits per heavy atom. The molecular weight excluding hydrogens is 258 g/mol. The first-order valence-electron chi connectivity index (χ1n) is 8.99. The topological polar surface area (TPSA) is 33.0 Å². The lowest BCUT2D eigenvalue weighted by atomic mass is 9.80. The summed E-state index contributed by atoms with van der Waals surface area (Å²) in [6.45, 7) is 3.29. The van der Waals surface area contributed by atoms with E-state index >= 15 is 0 Å². The van der Waals surface area contributed by atoms with E-state index in [0.717, 1.165) is 18.4 Å². The van der Waals surface area contributed by atoms with E-state index in [0.29, 0.717) is 12.0 Å². The highest BCUT2D eigenvalue weighted by molar-refractivity contribution is 5.04. The summed E-state index contributed by atoms with van der Waals surface area (Å²) in [6, 6.07) is 2.10. The zero-order chi connectivity index (χ0) is 14.9. The van der Waals surface area contributed by atoms with E-state index in [1.807, 2.05) is 0 Å². The van der Waals surface area contributed by atoms with Crippen LogP contribution in [0.1, 0.15) is 71.1 Å². The molecule has 2 aliphatic rings. The summed E-state index contributed by atoms with van der Waals surface area (Å²) in [6.07, 6.45) is 17.3. The molecule has 2 rings (SSSR count). The van der Waals surface area contributed by atoms with Gasteiger partial charge in [-0.2, -0.15) is 5.26 Å². The summed E-state index contributed by atoms with van der Waals surface area (Å²) in [7, 11) is 0. The van der Waals surface area contributed by atoms with Crippen molar-refractivity contribution in [1.29, 1.82) is 5.26 Å². The lowest BCUT2D eigenvalue weighted by molar-refractivity contribution is -0.00658. The standard InChI is InChI=1S/C19H31NO/c1-2-4-16-6-8-18(9-7-16)15-21-19-12-10-17(11-13-19)5-3-14-20/h3,5,16-19H,2,4,6-13,15H2,1H3/b5-3+. The van der Waals surface area contributed by atoms with Crippen LogP contribution in [0.25, 0.3) is 0 Å². The summed E-state index contributed by atoms with van der Waals surface area (Å²) in [5.74, 6) is 2.41. The second-order valence-electron chi connectivity index (χ2n) is 7.03. The lowest BCUT2D eigenvalue weighted by Gasteiger charge is -2.31. The van der Waals surface area contributed by atoms with E-state index in [4.69, 9.17) is 10.00 Å². The molecule has 0 aromatic carbocycles. The molecule has 21 heavy (non-hydrogen) atoms. The molecule has 0 N–H and O–H groups in total. The fraction of sp³-hybridized carbons (Fsp3) is 0.842. The maximum atomic E-state index is 8.57. The Balaban J connectivity index is 1.58. The Morgan fingerprint density at radius 2 is 1.67 bits per heavy atom. The van der Waals surface area contributed by atoms with Crippen molar-refractivity contribution in [2.24, 2.45) is 17.8 Å². The quantitative estimate of drug-likeness (QED) is 0.626. The third-order valence-electron chi connectivity index (χ3n) is 5.39. The second-order valence-corrected chi connectivity index (χ2v) is 7.03. The number of hydrogen-bond donors (Lipinski definition) is 0. The normalized spacial score (nSPS) is 33.9. The molecule has 0 saturated heterocycles. The fourth-order valence-electron chi connectivity index (χ4n) is 3.99. The van der Waals surface area contributed by atoms with Gasteiger partial charge in [0.1, 0.15) is 0 Å². The SMILES string of the molecule is CCCC1CCC(COC2CCC(/C=C/C#N)CC2)CC1. The number of hydrogen-bond acceptors (Lipinski definition) is 2. The van der Waals surface area contributed by atoms with Crippen LogP contribution in [0.15, 0.2) is 12.2 Å². The summed E-state index contributed by atoms with van der Waals surface area (Å²) >= 11 is 0. The molecule has 0 heterocycles. The zero-order valence-corrected chi connectivity index (χ0v) is 13.6. The van der Waals surface area contributed by atoms with Crippen LogP contribution in [0.5, 0.6) is 0 Å². The van der Waals surface area contributed by atoms with Gasteiger partial charge in [0.15, 0.2) is 0 Å². The van der Waals surface area contributed by atoms with Crippen molar-refractivity contribution in [2.75, 3.05) is 6.61 Å². The fourth-order valence-corrected chi connectivity index (χ4v) is 3.99. The van der Waals surface area contributed by atoms with Gasteiger partial charge < -0.3 is 4.74 Å². The van der Waals surface area contributed by atoms with Gasteiger partial charge in [-0.1, -0.05) is 38.7 Å². The first-order valence-corrected chi connectivity index (χ1v) is 8.99. The van der Waals surface area contributed by atoms with Crippen molar-refractivity contribution >= 4 is 0 Å². The van der Waals surface area contributed by atoms with Crippen LogP contribution in [-0.2, 0) is 4.74 Å². The summed E-state index contributed by atoms with van der Waals surface area (Å²) in [5, 5.41) is 8.57. The highest BCUT2D eigenvalue weighted by Gasteiger charge is 2.24. The van der Waals surface area contributed by atoms with Crippen molar-refractivity contribution in [1.82, 2.24) is 0 Å². The average Bonchev–Trinajstić information content (AvgIpc) is 2.53. The first kappa shape index (κ1) is 16.6. The third kappa shape index (κ3) is 5.83. The summed E-state index contributed by atoms with van der Waals surface area (Å²) < 4.78 is 6.18. The van der Waals surface area contributed by atoms with E-state index in [1.165, 1.54) is 64.2 Å². The largest absolute Gasteiger partial charge is 0.378 e. The minimum Gasteiger partial charge on any atom is -0.378 e. The van der Waals surface area contributed by atoms with Crippen molar-refractivity contribution < 1.29 is 4.74 Å². The number of nitrogens with zero attached hydrogens (tertiary/aromatic N) is 1. The predicted octanol–water partition coefficient (Wildman–Crippen LogP) is 5.25. The average molecular weight is 289 g/mol. The Bertz CT molecular complexity index is 341. The molecular formula is C19H31NO.